The van der Waals surface area contributed by atoms with Crippen LogP contribution in [0.2, 0.25) is 0 Å². The second kappa shape index (κ2) is 5.65. The number of hydrogen-bond acceptors (Lipinski definition) is 5. The average Bonchev–Trinajstić information content (AvgIpc) is 2.82. The Balaban J connectivity index is 1.95. The molecule has 0 fully saturated rings. The maximum absolute atomic E-state index is 5.32. The summed E-state index contributed by atoms with van der Waals surface area (Å²) in [6, 6.07) is 8.17. The van der Waals surface area contributed by atoms with Crippen molar-refractivity contribution in [3.63, 3.8) is 0 Å². The molecule has 0 aromatic carbocycles. The number of nitrogens with zero attached hydrogens (tertiary/aromatic N) is 1. The summed E-state index contributed by atoms with van der Waals surface area (Å²) in [5.41, 5.74) is 3.89. The molecular weight excluding hydrogens is 232 g/mol. The van der Waals surface area contributed by atoms with Gasteiger partial charge in [-0.25, -0.2) is 10.8 Å². The Morgan fingerprint density at radius 2 is 2.18 bits per heavy atom. The lowest BCUT2D eigenvalue weighted by atomic mass is 10.1. The number of aromatic nitrogens is 1. The van der Waals surface area contributed by atoms with Gasteiger partial charge in [-0.1, -0.05) is 6.07 Å². The highest BCUT2D eigenvalue weighted by atomic mass is 32.1. The zero-order valence-corrected chi connectivity index (χ0v) is 10.5. The van der Waals surface area contributed by atoms with Gasteiger partial charge < -0.3 is 10.7 Å². The van der Waals surface area contributed by atoms with Crippen molar-refractivity contribution in [1.29, 1.82) is 0 Å². The smallest absolute Gasteiger partial charge is 0.142 e. The lowest BCUT2D eigenvalue weighted by Crippen LogP contribution is -2.19. The first-order valence-electron chi connectivity index (χ1n) is 5.49. The molecule has 0 aliphatic carbocycles. The SMILES string of the molecule is CC(Cc1ccsc1)Nc1cccc(NN)n1. The summed E-state index contributed by atoms with van der Waals surface area (Å²) in [6.07, 6.45) is 0.992. The van der Waals surface area contributed by atoms with Gasteiger partial charge in [0.05, 0.1) is 0 Å². The molecule has 4 N–H and O–H groups in total. The highest BCUT2D eigenvalue weighted by Crippen LogP contribution is 2.13. The normalized spacial score (nSPS) is 12.1. The minimum Gasteiger partial charge on any atom is -0.367 e. The van der Waals surface area contributed by atoms with E-state index in [0.717, 1.165) is 12.2 Å². The molecule has 5 heteroatoms. The van der Waals surface area contributed by atoms with Crippen molar-refractivity contribution in [3.05, 3.63) is 40.6 Å². The fourth-order valence-electron chi connectivity index (χ4n) is 1.66. The van der Waals surface area contributed by atoms with Crippen molar-refractivity contribution in [2.45, 2.75) is 19.4 Å². The van der Waals surface area contributed by atoms with Crippen molar-refractivity contribution in [2.24, 2.45) is 5.84 Å². The van der Waals surface area contributed by atoms with Crippen molar-refractivity contribution in [1.82, 2.24) is 4.98 Å². The lowest BCUT2D eigenvalue weighted by Gasteiger charge is -2.14. The van der Waals surface area contributed by atoms with Gasteiger partial charge in [-0.2, -0.15) is 11.3 Å². The summed E-state index contributed by atoms with van der Waals surface area (Å²) in [4.78, 5) is 4.32. The maximum atomic E-state index is 5.32. The van der Waals surface area contributed by atoms with E-state index in [1.165, 1.54) is 5.56 Å². The van der Waals surface area contributed by atoms with Crippen LogP contribution in [0.5, 0.6) is 0 Å². The molecule has 0 saturated heterocycles. The Kier molecular flexibility index (Phi) is 3.95. The first kappa shape index (κ1) is 11.9. The number of anilines is 2. The molecule has 2 aromatic heterocycles. The summed E-state index contributed by atoms with van der Waals surface area (Å²) < 4.78 is 0. The first-order valence-corrected chi connectivity index (χ1v) is 6.43. The molecule has 17 heavy (non-hydrogen) atoms. The van der Waals surface area contributed by atoms with E-state index in [9.17, 15) is 0 Å². The fourth-order valence-corrected chi connectivity index (χ4v) is 2.34. The van der Waals surface area contributed by atoms with Gasteiger partial charge in [-0.05, 0) is 47.9 Å². The van der Waals surface area contributed by atoms with Crippen LogP contribution in [0, 0.1) is 0 Å². The van der Waals surface area contributed by atoms with Crippen molar-refractivity contribution in [3.8, 4) is 0 Å². The van der Waals surface area contributed by atoms with E-state index < -0.39 is 0 Å². The van der Waals surface area contributed by atoms with Gasteiger partial charge in [0.25, 0.3) is 0 Å². The molecule has 0 aliphatic rings. The van der Waals surface area contributed by atoms with Crippen LogP contribution in [0.25, 0.3) is 0 Å². The van der Waals surface area contributed by atoms with Crippen LogP contribution in [-0.2, 0) is 6.42 Å². The van der Waals surface area contributed by atoms with Gasteiger partial charge in [0.1, 0.15) is 11.6 Å². The first-order chi connectivity index (χ1) is 8.28. The quantitative estimate of drug-likeness (QED) is 0.562. The molecule has 2 rings (SSSR count). The zero-order chi connectivity index (χ0) is 12.1. The molecule has 0 radical (unpaired) electrons. The van der Waals surface area contributed by atoms with Crippen LogP contribution in [0.3, 0.4) is 0 Å². The lowest BCUT2D eigenvalue weighted by molar-refractivity contribution is 0.787. The molecule has 4 nitrogen and oxygen atoms in total. The molecule has 90 valence electrons. The van der Waals surface area contributed by atoms with Crippen molar-refractivity contribution >= 4 is 23.0 Å². The van der Waals surface area contributed by atoms with Crippen LogP contribution in [-0.4, -0.2) is 11.0 Å². The molecule has 0 bridgehead atoms. The van der Waals surface area contributed by atoms with E-state index in [1.807, 2.05) is 18.2 Å². The largest absolute Gasteiger partial charge is 0.367 e. The van der Waals surface area contributed by atoms with Crippen LogP contribution in [0.15, 0.2) is 35.0 Å². The average molecular weight is 248 g/mol. The zero-order valence-electron chi connectivity index (χ0n) is 9.68. The van der Waals surface area contributed by atoms with Crippen LogP contribution < -0.4 is 16.6 Å². The van der Waals surface area contributed by atoms with Gasteiger partial charge in [0.2, 0.25) is 0 Å². The molecule has 1 atom stereocenters. The molecule has 2 heterocycles. The third-order valence-corrected chi connectivity index (χ3v) is 3.15. The number of nitrogens with one attached hydrogen (secondary N) is 2. The monoisotopic (exact) mass is 248 g/mol. The Labute approximate surface area is 105 Å². The van der Waals surface area contributed by atoms with E-state index in [2.05, 4.69) is 39.5 Å². The minimum absolute atomic E-state index is 0.338. The number of thiophene rings is 1. The van der Waals surface area contributed by atoms with Crippen molar-refractivity contribution in [2.75, 3.05) is 10.7 Å². The molecule has 0 spiro atoms. The van der Waals surface area contributed by atoms with E-state index in [1.54, 1.807) is 11.3 Å². The predicted molar refractivity (Wildman–Crippen MR) is 73.2 cm³/mol. The van der Waals surface area contributed by atoms with Gasteiger partial charge >= 0.3 is 0 Å². The predicted octanol–water partition coefficient (Wildman–Crippen LogP) is 2.47. The number of rotatable bonds is 5. The van der Waals surface area contributed by atoms with Gasteiger partial charge in [-0.15, -0.1) is 0 Å². The Morgan fingerprint density at radius 3 is 2.88 bits per heavy atom. The highest BCUT2D eigenvalue weighted by Gasteiger charge is 2.05. The number of hydrogen-bond donors (Lipinski definition) is 3. The summed E-state index contributed by atoms with van der Waals surface area (Å²) >= 11 is 1.72. The highest BCUT2D eigenvalue weighted by molar-refractivity contribution is 7.07. The van der Waals surface area contributed by atoms with Crippen LogP contribution >= 0.6 is 11.3 Å². The minimum atomic E-state index is 0.338. The summed E-state index contributed by atoms with van der Waals surface area (Å²) in [5, 5.41) is 7.62. The number of hydrazine groups is 1. The van der Waals surface area contributed by atoms with Crippen LogP contribution in [0.4, 0.5) is 11.6 Å². The van der Waals surface area contributed by atoms with Gasteiger partial charge in [-0.3, -0.25) is 0 Å². The van der Waals surface area contributed by atoms with Crippen molar-refractivity contribution < 1.29 is 0 Å². The van der Waals surface area contributed by atoms with Gasteiger partial charge in [0, 0.05) is 6.04 Å². The van der Waals surface area contributed by atoms with Gasteiger partial charge in [0.15, 0.2) is 0 Å². The van der Waals surface area contributed by atoms with E-state index in [-0.39, 0.29) is 0 Å². The summed E-state index contributed by atoms with van der Waals surface area (Å²) in [5.74, 6) is 6.82. The maximum Gasteiger partial charge on any atom is 0.142 e. The topological polar surface area (TPSA) is 63.0 Å². The van der Waals surface area contributed by atoms with E-state index in [0.29, 0.717) is 11.9 Å². The summed E-state index contributed by atoms with van der Waals surface area (Å²) in [7, 11) is 0. The van der Waals surface area contributed by atoms with E-state index in [4.69, 9.17) is 5.84 Å². The number of pyridine rings is 1. The van der Waals surface area contributed by atoms with Crippen LogP contribution in [0.1, 0.15) is 12.5 Å². The second-order valence-corrected chi connectivity index (χ2v) is 4.71. The third-order valence-electron chi connectivity index (χ3n) is 2.41. The van der Waals surface area contributed by atoms with E-state index >= 15 is 0 Å². The second-order valence-electron chi connectivity index (χ2n) is 3.93. The molecule has 2 aromatic rings. The molecule has 0 amide bonds. The Hall–Kier alpha value is -1.59. The number of nitrogen functional groups attached to an aromatic ring is 1. The molecule has 1 unspecified atom stereocenters. The Bertz CT molecular complexity index is 455. The molecule has 0 saturated carbocycles. The standard InChI is InChI=1S/C12H16N4S/c1-9(7-10-5-6-17-8-10)14-11-3-2-4-12(15-11)16-13/h2-6,8-9H,7,13H2,1H3,(H2,14,15,16). The molecule has 0 aliphatic heterocycles. The third kappa shape index (κ3) is 3.44. The molecular formula is C12H16N4S. The fraction of sp³-hybridized carbons (Fsp3) is 0.250. The summed E-state index contributed by atoms with van der Waals surface area (Å²) in [6.45, 7) is 2.14. The Morgan fingerprint density at radius 1 is 1.35 bits per heavy atom. The number of nitrogens with two attached hydrogens (primary N) is 1.